The Morgan fingerprint density at radius 1 is 1.39 bits per heavy atom. The molecule has 2 rings (SSSR count). The molecule has 1 N–H and O–H groups in total. The molecular weight excluding hydrogens is 250 g/mol. The second kappa shape index (κ2) is 6.33. The molecule has 18 heavy (non-hydrogen) atoms. The zero-order valence-electron chi connectivity index (χ0n) is 10.1. The summed E-state index contributed by atoms with van der Waals surface area (Å²) in [5, 5.41) is 3.71. The smallest absolute Gasteiger partial charge is 0.238 e. The number of pyridine rings is 2. The normalized spacial score (nSPS) is 10.3. The van der Waals surface area contributed by atoms with Gasteiger partial charge in [0, 0.05) is 18.9 Å². The van der Waals surface area contributed by atoms with E-state index >= 15 is 0 Å². The highest BCUT2D eigenvalue weighted by molar-refractivity contribution is 6.31. The van der Waals surface area contributed by atoms with E-state index in [2.05, 4.69) is 22.2 Å². The number of nitrogens with one attached hydrogen (secondary N) is 1. The molecule has 94 valence electrons. The standard InChI is InChI=1S/C13H14ClN3O/c1-2-15-7-10-6-12(14)13(17-8-10)18-11-4-3-5-16-9-11/h3-6,8-9,15H,2,7H2,1H3. The van der Waals surface area contributed by atoms with E-state index in [4.69, 9.17) is 16.3 Å². The number of aromatic nitrogens is 2. The highest BCUT2D eigenvalue weighted by Crippen LogP contribution is 2.26. The van der Waals surface area contributed by atoms with Crippen molar-refractivity contribution in [3.8, 4) is 11.6 Å². The molecule has 0 fully saturated rings. The van der Waals surface area contributed by atoms with Crippen LogP contribution in [0.1, 0.15) is 12.5 Å². The molecule has 0 unspecified atom stereocenters. The molecular formula is C13H14ClN3O. The summed E-state index contributed by atoms with van der Waals surface area (Å²) in [7, 11) is 0. The van der Waals surface area contributed by atoms with Crippen LogP contribution in [0.15, 0.2) is 36.8 Å². The Balaban J connectivity index is 2.10. The zero-order valence-corrected chi connectivity index (χ0v) is 10.8. The quantitative estimate of drug-likeness (QED) is 0.901. The van der Waals surface area contributed by atoms with Gasteiger partial charge in [-0.15, -0.1) is 0 Å². The van der Waals surface area contributed by atoms with Gasteiger partial charge in [-0.1, -0.05) is 18.5 Å². The molecule has 0 aromatic carbocycles. The van der Waals surface area contributed by atoms with E-state index in [1.165, 1.54) is 0 Å². The van der Waals surface area contributed by atoms with Gasteiger partial charge in [0.25, 0.3) is 0 Å². The minimum absolute atomic E-state index is 0.393. The average Bonchev–Trinajstić information content (AvgIpc) is 2.40. The van der Waals surface area contributed by atoms with Gasteiger partial charge >= 0.3 is 0 Å². The van der Waals surface area contributed by atoms with Crippen molar-refractivity contribution in [1.29, 1.82) is 0 Å². The molecule has 4 nitrogen and oxygen atoms in total. The van der Waals surface area contributed by atoms with Gasteiger partial charge in [-0.05, 0) is 30.3 Å². The van der Waals surface area contributed by atoms with Crippen molar-refractivity contribution in [2.75, 3.05) is 6.54 Å². The zero-order chi connectivity index (χ0) is 12.8. The Morgan fingerprint density at radius 2 is 2.28 bits per heavy atom. The second-order valence-corrected chi connectivity index (χ2v) is 4.11. The molecule has 0 aliphatic heterocycles. The Morgan fingerprint density at radius 3 is 2.94 bits per heavy atom. The summed E-state index contributed by atoms with van der Waals surface area (Å²) in [4.78, 5) is 8.17. The molecule has 2 heterocycles. The molecule has 0 saturated heterocycles. The minimum Gasteiger partial charge on any atom is -0.436 e. The van der Waals surface area contributed by atoms with Gasteiger partial charge in [0.15, 0.2) is 0 Å². The number of nitrogens with zero attached hydrogens (tertiary/aromatic N) is 2. The molecule has 0 saturated carbocycles. The Hall–Kier alpha value is -1.65. The lowest BCUT2D eigenvalue weighted by Crippen LogP contribution is -2.11. The van der Waals surface area contributed by atoms with Crippen molar-refractivity contribution in [2.24, 2.45) is 0 Å². The second-order valence-electron chi connectivity index (χ2n) is 3.70. The van der Waals surface area contributed by atoms with Crippen LogP contribution < -0.4 is 10.1 Å². The van der Waals surface area contributed by atoms with E-state index in [1.807, 2.05) is 6.07 Å². The summed E-state index contributed by atoms with van der Waals surface area (Å²) in [5.41, 5.74) is 1.03. The maximum absolute atomic E-state index is 6.12. The van der Waals surface area contributed by atoms with Gasteiger partial charge in [0.1, 0.15) is 10.8 Å². The van der Waals surface area contributed by atoms with Crippen LogP contribution in [0, 0.1) is 0 Å². The van der Waals surface area contributed by atoms with E-state index in [0.717, 1.165) is 18.7 Å². The third kappa shape index (κ3) is 3.42. The van der Waals surface area contributed by atoms with Crippen molar-refractivity contribution in [3.05, 3.63) is 47.4 Å². The highest BCUT2D eigenvalue weighted by atomic mass is 35.5. The summed E-state index contributed by atoms with van der Waals surface area (Å²) in [6.07, 6.45) is 5.05. The lowest BCUT2D eigenvalue weighted by Gasteiger charge is -2.07. The van der Waals surface area contributed by atoms with E-state index in [-0.39, 0.29) is 0 Å². The van der Waals surface area contributed by atoms with Crippen molar-refractivity contribution < 1.29 is 4.74 Å². The summed E-state index contributed by atoms with van der Waals surface area (Å²) in [5.74, 6) is 1.01. The van der Waals surface area contributed by atoms with Crippen LogP contribution in [0.2, 0.25) is 5.02 Å². The van der Waals surface area contributed by atoms with Gasteiger partial charge < -0.3 is 10.1 Å². The van der Waals surface area contributed by atoms with E-state index in [1.54, 1.807) is 30.7 Å². The van der Waals surface area contributed by atoms with Crippen LogP contribution in [0.25, 0.3) is 0 Å². The van der Waals surface area contributed by atoms with Gasteiger partial charge in [0.2, 0.25) is 5.88 Å². The molecule has 2 aromatic rings. The van der Waals surface area contributed by atoms with Crippen molar-refractivity contribution in [2.45, 2.75) is 13.5 Å². The molecule has 5 heteroatoms. The first-order valence-electron chi connectivity index (χ1n) is 5.72. The first-order chi connectivity index (χ1) is 8.79. The third-order valence-electron chi connectivity index (χ3n) is 2.29. The molecule has 0 aliphatic rings. The summed E-state index contributed by atoms with van der Waals surface area (Å²) < 4.78 is 5.54. The first-order valence-corrected chi connectivity index (χ1v) is 6.10. The minimum atomic E-state index is 0.393. The maximum Gasteiger partial charge on any atom is 0.238 e. The molecule has 0 amide bonds. The molecule has 0 radical (unpaired) electrons. The van der Waals surface area contributed by atoms with Crippen LogP contribution in [-0.4, -0.2) is 16.5 Å². The lowest BCUT2D eigenvalue weighted by atomic mass is 10.3. The number of rotatable bonds is 5. The van der Waals surface area contributed by atoms with Crippen LogP contribution in [-0.2, 0) is 6.54 Å². The molecule has 0 spiro atoms. The van der Waals surface area contributed by atoms with Gasteiger partial charge in [0.05, 0.1) is 6.20 Å². The fourth-order valence-electron chi connectivity index (χ4n) is 1.43. The fourth-order valence-corrected chi connectivity index (χ4v) is 1.65. The lowest BCUT2D eigenvalue weighted by molar-refractivity contribution is 0.460. The van der Waals surface area contributed by atoms with E-state index < -0.39 is 0 Å². The largest absolute Gasteiger partial charge is 0.436 e. The molecule has 2 aromatic heterocycles. The monoisotopic (exact) mass is 263 g/mol. The number of hydrogen-bond acceptors (Lipinski definition) is 4. The molecule has 0 atom stereocenters. The third-order valence-corrected chi connectivity index (χ3v) is 2.56. The Labute approximate surface area is 111 Å². The van der Waals surface area contributed by atoms with Crippen LogP contribution in [0.3, 0.4) is 0 Å². The Kier molecular flexibility index (Phi) is 4.50. The van der Waals surface area contributed by atoms with E-state index in [9.17, 15) is 0 Å². The van der Waals surface area contributed by atoms with Crippen molar-refractivity contribution in [3.63, 3.8) is 0 Å². The highest BCUT2D eigenvalue weighted by Gasteiger charge is 2.06. The fraction of sp³-hybridized carbons (Fsp3) is 0.231. The Bertz CT molecular complexity index is 505. The predicted molar refractivity (Wildman–Crippen MR) is 70.9 cm³/mol. The van der Waals surface area contributed by atoms with Crippen molar-refractivity contribution >= 4 is 11.6 Å². The number of hydrogen-bond donors (Lipinski definition) is 1. The summed E-state index contributed by atoms with van der Waals surface area (Å²) in [6, 6.07) is 5.45. The summed E-state index contributed by atoms with van der Waals surface area (Å²) in [6.45, 7) is 3.71. The van der Waals surface area contributed by atoms with E-state index in [0.29, 0.717) is 16.7 Å². The number of ether oxygens (including phenoxy) is 1. The van der Waals surface area contributed by atoms with Gasteiger partial charge in [-0.25, -0.2) is 4.98 Å². The summed E-state index contributed by atoms with van der Waals surface area (Å²) >= 11 is 6.12. The van der Waals surface area contributed by atoms with Crippen LogP contribution in [0.5, 0.6) is 11.6 Å². The predicted octanol–water partition coefficient (Wildman–Crippen LogP) is 3.03. The number of halogens is 1. The van der Waals surface area contributed by atoms with Crippen molar-refractivity contribution in [1.82, 2.24) is 15.3 Å². The molecule has 0 bridgehead atoms. The first kappa shape index (κ1) is 12.8. The van der Waals surface area contributed by atoms with Gasteiger partial charge in [-0.2, -0.15) is 0 Å². The average molecular weight is 264 g/mol. The maximum atomic E-state index is 6.12. The van der Waals surface area contributed by atoms with Gasteiger partial charge in [-0.3, -0.25) is 4.98 Å². The topological polar surface area (TPSA) is 47.0 Å². The SMILES string of the molecule is CCNCc1cnc(Oc2cccnc2)c(Cl)c1. The van der Waals surface area contributed by atoms with Crippen LogP contribution >= 0.6 is 11.6 Å². The molecule has 0 aliphatic carbocycles. The van der Waals surface area contributed by atoms with Crippen LogP contribution in [0.4, 0.5) is 0 Å².